The minimum atomic E-state index is -0.397. The van der Waals surface area contributed by atoms with Gasteiger partial charge in [0.2, 0.25) is 5.95 Å². The molecule has 3 N–H and O–H groups in total. The second-order valence-electron chi connectivity index (χ2n) is 9.82. The molecule has 188 valence electrons. The average Bonchev–Trinajstić information content (AvgIpc) is 3.29. The van der Waals surface area contributed by atoms with Gasteiger partial charge in [0.1, 0.15) is 6.10 Å². The van der Waals surface area contributed by atoms with Crippen molar-refractivity contribution in [3.63, 3.8) is 0 Å². The Morgan fingerprint density at radius 3 is 2.63 bits per heavy atom. The van der Waals surface area contributed by atoms with Crippen LogP contribution in [0.5, 0.6) is 5.75 Å². The van der Waals surface area contributed by atoms with E-state index < -0.39 is 6.10 Å². The quantitative estimate of drug-likeness (QED) is 0.512. The van der Waals surface area contributed by atoms with Gasteiger partial charge >= 0.3 is 0 Å². The number of nitrogens with two attached hydrogens (primary N) is 1. The number of carbonyl (C=O) groups excluding carboxylic acids is 1. The highest BCUT2D eigenvalue weighted by Gasteiger charge is 2.29. The van der Waals surface area contributed by atoms with Crippen LogP contribution in [0.1, 0.15) is 65.1 Å². The number of ketones is 1. The fourth-order valence-electron chi connectivity index (χ4n) is 3.71. The maximum atomic E-state index is 12.1. The van der Waals surface area contributed by atoms with Gasteiger partial charge in [0.25, 0.3) is 0 Å². The molecule has 35 heavy (non-hydrogen) atoms. The molecule has 0 aliphatic carbocycles. The molecular weight excluding hydrogens is 444 g/mol. The number of anilines is 2. The third-order valence-corrected chi connectivity index (χ3v) is 6.10. The summed E-state index contributed by atoms with van der Waals surface area (Å²) in [7, 11) is 3.12. The standard InChI is InChI=1S/C26H36N6O3/c1-15(8-9-20(33)16(2)34-6)30-25-28-11-10-19(31-25)23-18(13-22(32-23)26(3,4)5)17-12-21(35-7)24(27)29-14-17/h10-12,14-16H,8-9,13H2,1-7H3,(H2,27,29)(H,28,30,31)/t15-,16+/m0/s1. The molecule has 0 saturated heterocycles. The molecule has 1 aliphatic rings. The van der Waals surface area contributed by atoms with Crippen LogP contribution < -0.4 is 15.8 Å². The molecule has 0 aromatic carbocycles. The third-order valence-electron chi connectivity index (χ3n) is 6.10. The minimum absolute atomic E-state index is 0.00878. The lowest BCUT2D eigenvalue weighted by Crippen LogP contribution is -2.23. The van der Waals surface area contributed by atoms with Gasteiger partial charge in [-0.1, -0.05) is 20.8 Å². The van der Waals surface area contributed by atoms with Gasteiger partial charge < -0.3 is 20.5 Å². The van der Waals surface area contributed by atoms with Gasteiger partial charge in [-0.05, 0) is 38.0 Å². The zero-order chi connectivity index (χ0) is 25.8. The smallest absolute Gasteiger partial charge is 0.223 e. The van der Waals surface area contributed by atoms with Gasteiger partial charge in [0.15, 0.2) is 17.4 Å². The number of carbonyl (C=O) groups is 1. The first-order valence-corrected chi connectivity index (χ1v) is 11.8. The van der Waals surface area contributed by atoms with E-state index in [0.717, 1.165) is 22.5 Å². The lowest BCUT2D eigenvalue weighted by molar-refractivity contribution is -0.127. The molecule has 9 heteroatoms. The van der Waals surface area contributed by atoms with Crippen LogP contribution in [-0.2, 0) is 9.53 Å². The van der Waals surface area contributed by atoms with E-state index >= 15 is 0 Å². The molecule has 0 radical (unpaired) electrons. The summed E-state index contributed by atoms with van der Waals surface area (Å²) in [6.07, 6.45) is 4.81. The van der Waals surface area contributed by atoms with Crippen LogP contribution in [0.25, 0.3) is 11.3 Å². The van der Waals surface area contributed by atoms with E-state index in [1.807, 2.05) is 19.1 Å². The number of hydrogen-bond acceptors (Lipinski definition) is 9. The van der Waals surface area contributed by atoms with Crippen molar-refractivity contribution in [3.05, 3.63) is 35.8 Å². The van der Waals surface area contributed by atoms with Crippen LogP contribution in [0.4, 0.5) is 11.8 Å². The van der Waals surface area contributed by atoms with Crippen molar-refractivity contribution >= 4 is 34.5 Å². The second-order valence-corrected chi connectivity index (χ2v) is 9.82. The van der Waals surface area contributed by atoms with Crippen molar-refractivity contribution in [1.29, 1.82) is 0 Å². The molecule has 0 amide bonds. The number of methoxy groups -OCH3 is 2. The van der Waals surface area contributed by atoms with Crippen molar-refractivity contribution in [1.82, 2.24) is 15.0 Å². The molecular formula is C26H36N6O3. The number of aromatic nitrogens is 3. The molecule has 0 spiro atoms. The van der Waals surface area contributed by atoms with Crippen molar-refractivity contribution in [2.45, 2.75) is 66.0 Å². The first kappa shape index (κ1) is 26.3. The molecule has 0 saturated carbocycles. The monoisotopic (exact) mass is 480 g/mol. The normalized spacial score (nSPS) is 15.6. The molecule has 0 bridgehead atoms. The average molecular weight is 481 g/mol. The Kier molecular flexibility index (Phi) is 8.22. The highest BCUT2D eigenvalue weighted by Crippen LogP contribution is 2.40. The fraction of sp³-hybridized carbons (Fsp3) is 0.500. The number of nitrogens with zero attached hydrogens (tertiary/aromatic N) is 4. The molecule has 1 aliphatic heterocycles. The molecule has 2 atom stereocenters. The van der Waals surface area contributed by atoms with E-state index in [0.29, 0.717) is 42.5 Å². The van der Waals surface area contributed by atoms with Gasteiger partial charge in [0, 0.05) is 55.1 Å². The van der Waals surface area contributed by atoms with Gasteiger partial charge in [-0.25, -0.2) is 15.0 Å². The largest absolute Gasteiger partial charge is 0.493 e. The van der Waals surface area contributed by atoms with E-state index in [1.165, 1.54) is 0 Å². The molecule has 0 fully saturated rings. The van der Waals surface area contributed by atoms with Crippen LogP contribution >= 0.6 is 0 Å². The van der Waals surface area contributed by atoms with Gasteiger partial charge in [-0.2, -0.15) is 0 Å². The summed E-state index contributed by atoms with van der Waals surface area (Å²) in [5.41, 5.74) is 10.3. The van der Waals surface area contributed by atoms with Crippen molar-refractivity contribution in [2.75, 3.05) is 25.3 Å². The zero-order valence-electron chi connectivity index (χ0n) is 21.7. The first-order chi connectivity index (χ1) is 16.5. The lowest BCUT2D eigenvalue weighted by atomic mass is 9.86. The summed E-state index contributed by atoms with van der Waals surface area (Å²) in [6, 6.07) is 3.75. The number of nitrogens with one attached hydrogen (secondary N) is 1. The second kappa shape index (κ2) is 10.9. The van der Waals surface area contributed by atoms with E-state index in [-0.39, 0.29) is 17.2 Å². The van der Waals surface area contributed by atoms with Crippen molar-refractivity contribution < 1.29 is 14.3 Å². The summed E-state index contributed by atoms with van der Waals surface area (Å²) in [4.78, 5) is 30.5. The van der Waals surface area contributed by atoms with Crippen molar-refractivity contribution in [2.24, 2.45) is 10.4 Å². The Hall–Kier alpha value is -3.33. The lowest BCUT2D eigenvalue weighted by Gasteiger charge is -2.18. The number of hydrogen-bond donors (Lipinski definition) is 2. The number of rotatable bonds is 10. The summed E-state index contributed by atoms with van der Waals surface area (Å²) in [6.45, 7) is 10.2. The minimum Gasteiger partial charge on any atom is -0.493 e. The molecule has 9 nitrogen and oxygen atoms in total. The van der Waals surface area contributed by atoms with Crippen LogP contribution in [-0.4, -0.2) is 52.8 Å². The first-order valence-electron chi connectivity index (χ1n) is 11.8. The van der Waals surface area contributed by atoms with E-state index in [9.17, 15) is 4.79 Å². The van der Waals surface area contributed by atoms with E-state index in [4.69, 9.17) is 25.2 Å². The summed E-state index contributed by atoms with van der Waals surface area (Å²) in [5.74, 6) is 1.43. The zero-order valence-corrected chi connectivity index (χ0v) is 21.7. The maximum Gasteiger partial charge on any atom is 0.223 e. The van der Waals surface area contributed by atoms with Crippen LogP contribution in [0.3, 0.4) is 0 Å². The highest BCUT2D eigenvalue weighted by molar-refractivity contribution is 6.11. The number of nitrogen functional groups attached to an aromatic ring is 1. The predicted octanol–water partition coefficient (Wildman–Crippen LogP) is 4.41. The number of allylic oxidation sites excluding steroid dienone is 1. The Labute approximate surface area is 207 Å². The predicted molar refractivity (Wildman–Crippen MR) is 139 cm³/mol. The topological polar surface area (TPSA) is 125 Å². The number of aliphatic imine (C=N–C) groups is 1. The fourth-order valence-corrected chi connectivity index (χ4v) is 3.71. The Morgan fingerprint density at radius 2 is 1.97 bits per heavy atom. The number of ether oxygens (including phenoxy) is 2. The number of Topliss-reactive ketones (excluding diaryl/α,β-unsaturated/α-hetero) is 1. The highest BCUT2D eigenvalue weighted by atomic mass is 16.5. The van der Waals surface area contributed by atoms with Gasteiger partial charge in [-0.3, -0.25) is 9.79 Å². The number of pyridine rings is 1. The van der Waals surface area contributed by atoms with E-state index in [1.54, 1.807) is 33.5 Å². The van der Waals surface area contributed by atoms with Crippen molar-refractivity contribution in [3.8, 4) is 5.75 Å². The van der Waals surface area contributed by atoms with Crippen LogP contribution in [0.2, 0.25) is 0 Å². The Balaban J connectivity index is 1.89. The molecule has 3 heterocycles. The summed E-state index contributed by atoms with van der Waals surface area (Å²) in [5, 5.41) is 3.30. The Bertz CT molecular complexity index is 1140. The Morgan fingerprint density at radius 1 is 1.23 bits per heavy atom. The van der Waals surface area contributed by atoms with Crippen LogP contribution in [0.15, 0.2) is 29.5 Å². The summed E-state index contributed by atoms with van der Waals surface area (Å²) >= 11 is 0. The molecule has 2 aromatic heterocycles. The summed E-state index contributed by atoms with van der Waals surface area (Å²) < 4.78 is 10.5. The van der Waals surface area contributed by atoms with Gasteiger partial charge in [-0.15, -0.1) is 0 Å². The SMILES string of the molecule is COc1cc(C2=C(c3ccnc(N[C@@H](C)CCC(=O)[C@@H](C)OC)n3)N=C(C(C)(C)C)C2)cnc1N. The molecule has 2 aromatic rings. The third kappa shape index (κ3) is 6.42. The molecule has 0 unspecified atom stereocenters. The van der Waals surface area contributed by atoms with E-state index in [2.05, 4.69) is 36.1 Å². The van der Waals surface area contributed by atoms with Crippen LogP contribution in [0, 0.1) is 5.41 Å². The van der Waals surface area contributed by atoms with Gasteiger partial charge in [0.05, 0.1) is 18.5 Å². The maximum absolute atomic E-state index is 12.1. The molecule has 3 rings (SSSR count).